The first-order valence-electron chi connectivity index (χ1n) is 6.71. The van der Waals surface area contributed by atoms with Gasteiger partial charge >= 0.3 is 5.97 Å². The summed E-state index contributed by atoms with van der Waals surface area (Å²) < 4.78 is 0. The number of carboxylic acid groups (broad SMARTS) is 1. The third-order valence-corrected chi connectivity index (χ3v) is 4.54. The Morgan fingerprint density at radius 3 is 2.68 bits per heavy atom. The van der Waals surface area contributed by atoms with Crippen LogP contribution in [0, 0.1) is 5.92 Å². The molecular formula is C17H14O2. The van der Waals surface area contributed by atoms with Gasteiger partial charge in [0.1, 0.15) is 0 Å². The molecule has 2 heteroatoms. The van der Waals surface area contributed by atoms with Gasteiger partial charge in [-0.15, -0.1) is 0 Å². The molecule has 2 aromatic rings. The van der Waals surface area contributed by atoms with Crippen LogP contribution in [0.1, 0.15) is 29.0 Å². The summed E-state index contributed by atoms with van der Waals surface area (Å²) in [6, 6.07) is 14.6. The van der Waals surface area contributed by atoms with Gasteiger partial charge < -0.3 is 5.11 Å². The molecule has 94 valence electrons. The van der Waals surface area contributed by atoms with Crippen molar-refractivity contribution in [3.8, 4) is 11.1 Å². The van der Waals surface area contributed by atoms with E-state index in [4.69, 9.17) is 0 Å². The van der Waals surface area contributed by atoms with Crippen LogP contribution in [0.5, 0.6) is 0 Å². The maximum Gasteiger partial charge on any atom is 0.307 e. The third kappa shape index (κ3) is 1.34. The van der Waals surface area contributed by atoms with Gasteiger partial charge in [0.25, 0.3) is 0 Å². The van der Waals surface area contributed by atoms with Crippen LogP contribution < -0.4 is 0 Å². The van der Waals surface area contributed by atoms with E-state index in [1.54, 1.807) is 0 Å². The van der Waals surface area contributed by atoms with Gasteiger partial charge in [-0.3, -0.25) is 4.79 Å². The third-order valence-electron chi connectivity index (χ3n) is 4.54. The van der Waals surface area contributed by atoms with Crippen molar-refractivity contribution >= 4 is 5.97 Å². The number of aliphatic carboxylic acids is 1. The number of carboxylic acids is 1. The van der Waals surface area contributed by atoms with E-state index in [0.29, 0.717) is 0 Å². The fourth-order valence-corrected chi connectivity index (χ4v) is 3.76. The second-order valence-electron chi connectivity index (χ2n) is 5.43. The first-order valence-corrected chi connectivity index (χ1v) is 6.71. The molecule has 0 bridgehead atoms. The average Bonchev–Trinajstić information content (AvgIpc) is 2.77. The number of carbonyl (C=O) groups is 1. The minimum Gasteiger partial charge on any atom is -0.481 e. The molecular weight excluding hydrogens is 236 g/mol. The van der Waals surface area contributed by atoms with Gasteiger partial charge in [0.2, 0.25) is 0 Å². The standard InChI is InChI=1S/C17H14O2/c18-17(19)14-9-8-10-4-3-7-12-11-5-1-2-6-13(11)16(14)15(10)12/h1-7,14,16H,8-9H2,(H,18,19). The maximum absolute atomic E-state index is 11.6. The lowest BCUT2D eigenvalue weighted by Gasteiger charge is -2.28. The fraction of sp³-hybridized carbons (Fsp3) is 0.235. The minimum absolute atomic E-state index is 0.0497. The first kappa shape index (κ1) is 10.8. The van der Waals surface area contributed by atoms with Crippen molar-refractivity contribution < 1.29 is 9.90 Å². The molecule has 0 saturated heterocycles. The van der Waals surface area contributed by atoms with Crippen molar-refractivity contribution in [2.45, 2.75) is 18.8 Å². The van der Waals surface area contributed by atoms with Crippen molar-refractivity contribution in [2.24, 2.45) is 5.92 Å². The van der Waals surface area contributed by atoms with Crippen LogP contribution in [0.15, 0.2) is 42.5 Å². The summed E-state index contributed by atoms with van der Waals surface area (Å²) in [6.45, 7) is 0. The Morgan fingerprint density at radius 2 is 1.84 bits per heavy atom. The summed E-state index contributed by atoms with van der Waals surface area (Å²) in [7, 11) is 0. The van der Waals surface area contributed by atoms with Gasteiger partial charge in [-0.1, -0.05) is 42.5 Å². The predicted octanol–water partition coefficient (Wildman–Crippen LogP) is 3.45. The van der Waals surface area contributed by atoms with Crippen LogP contribution in [-0.4, -0.2) is 11.1 Å². The fourth-order valence-electron chi connectivity index (χ4n) is 3.76. The van der Waals surface area contributed by atoms with Gasteiger partial charge in [0, 0.05) is 5.92 Å². The smallest absolute Gasteiger partial charge is 0.307 e. The van der Waals surface area contributed by atoms with E-state index in [0.717, 1.165) is 12.8 Å². The highest BCUT2D eigenvalue weighted by Gasteiger charge is 2.41. The molecule has 2 unspecified atom stereocenters. The Bertz CT molecular complexity index is 687. The molecule has 0 amide bonds. The maximum atomic E-state index is 11.6. The number of hydrogen-bond donors (Lipinski definition) is 1. The molecule has 2 aliphatic carbocycles. The van der Waals surface area contributed by atoms with E-state index in [-0.39, 0.29) is 11.8 Å². The second-order valence-corrected chi connectivity index (χ2v) is 5.43. The van der Waals surface area contributed by atoms with Crippen molar-refractivity contribution in [3.05, 3.63) is 59.2 Å². The number of hydrogen-bond acceptors (Lipinski definition) is 1. The number of rotatable bonds is 1. The SMILES string of the molecule is O=C(O)C1CCc2cccc3c2C1c1ccccc1-3. The highest BCUT2D eigenvalue weighted by atomic mass is 16.4. The Balaban J connectivity index is 2.04. The number of fused-ring (bicyclic) bond motifs is 3. The quantitative estimate of drug-likeness (QED) is 0.841. The van der Waals surface area contributed by atoms with Crippen molar-refractivity contribution in [3.63, 3.8) is 0 Å². The van der Waals surface area contributed by atoms with Crippen LogP contribution in [0.3, 0.4) is 0 Å². The van der Waals surface area contributed by atoms with E-state index < -0.39 is 5.97 Å². The monoisotopic (exact) mass is 250 g/mol. The Kier molecular flexibility index (Phi) is 2.10. The zero-order valence-corrected chi connectivity index (χ0v) is 10.5. The van der Waals surface area contributed by atoms with E-state index in [9.17, 15) is 9.90 Å². The van der Waals surface area contributed by atoms with Gasteiger partial charge in [-0.05, 0) is 40.7 Å². The molecule has 2 aliphatic rings. The molecule has 2 aromatic carbocycles. The predicted molar refractivity (Wildman–Crippen MR) is 73.2 cm³/mol. The lowest BCUT2D eigenvalue weighted by Crippen LogP contribution is -2.26. The Hall–Kier alpha value is -2.09. The largest absolute Gasteiger partial charge is 0.481 e. The molecule has 19 heavy (non-hydrogen) atoms. The van der Waals surface area contributed by atoms with Crippen molar-refractivity contribution in [2.75, 3.05) is 0 Å². The zero-order chi connectivity index (χ0) is 13.0. The normalized spacial score (nSPS) is 22.7. The summed E-state index contributed by atoms with van der Waals surface area (Å²) >= 11 is 0. The van der Waals surface area contributed by atoms with Crippen molar-refractivity contribution in [1.82, 2.24) is 0 Å². The van der Waals surface area contributed by atoms with Crippen LogP contribution in [0.25, 0.3) is 11.1 Å². The summed E-state index contributed by atoms with van der Waals surface area (Å²) in [5.74, 6) is -0.895. The lowest BCUT2D eigenvalue weighted by atomic mass is 9.74. The molecule has 0 aromatic heterocycles. The molecule has 0 radical (unpaired) electrons. The first-order chi connectivity index (χ1) is 9.27. The van der Waals surface area contributed by atoms with Gasteiger partial charge in [-0.2, -0.15) is 0 Å². The lowest BCUT2D eigenvalue weighted by molar-refractivity contribution is -0.142. The molecule has 0 spiro atoms. The van der Waals surface area contributed by atoms with Gasteiger partial charge in [-0.25, -0.2) is 0 Å². The van der Waals surface area contributed by atoms with Crippen LogP contribution >= 0.6 is 0 Å². The topological polar surface area (TPSA) is 37.3 Å². The molecule has 2 nitrogen and oxygen atoms in total. The summed E-state index contributed by atoms with van der Waals surface area (Å²) in [6.07, 6.45) is 1.62. The van der Waals surface area contributed by atoms with Crippen molar-refractivity contribution in [1.29, 1.82) is 0 Å². The van der Waals surface area contributed by atoms with Crippen LogP contribution in [0.2, 0.25) is 0 Å². The highest BCUT2D eigenvalue weighted by molar-refractivity contribution is 5.84. The summed E-state index contributed by atoms with van der Waals surface area (Å²) in [5, 5.41) is 9.51. The zero-order valence-electron chi connectivity index (χ0n) is 10.5. The number of aryl methyl sites for hydroxylation is 1. The average molecular weight is 250 g/mol. The molecule has 4 rings (SSSR count). The molecule has 1 N–H and O–H groups in total. The summed E-state index contributed by atoms with van der Waals surface area (Å²) in [5.41, 5.74) is 6.25. The highest BCUT2D eigenvalue weighted by Crippen LogP contribution is 2.52. The Labute approximate surface area is 111 Å². The molecule has 0 heterocycles. The van der Waals surface area contributed by atoms with Gasteiger partial charge in [0.15, 0.2) is 0 Å². The second kappa shape index (κ2) is 3.70. The van der Waals surface area contributed by atoms with E-state index in [1.807, 2.05) is 12.1 Å². The molecule has 0 fully saturated rings. The molecule has 2 atom stereocenters. The van der Waals surface area contributed by atoms with Gasteiger partial charge in [0.05, 0.1) is 5.92 Å². The van der Waals surface area contributed by atoms with E-state index in [2.05, 4.69) is 30.3 Å². The summed E-state index contributed by atoms with van der Waals surface area (Å²) in [4.78, 5) is 11.6. The van der Waals surface area contributed by atoms with Crippen LogP contribution in [0.4, 0.5) is 0 Å². The number of benzene rings is 2. The van der Waals surface area contributed by atoms with E-state index in [1.165, 1.54) is 27.8 Å². The Morgan fingerprint density at radius 1 is 1.05 bits per heavy atom. The van der Waals surface area contributed by atoms with E-state index >= 15 is 0 Å². The molecule has 0 saturated carbocycles. The molecule has 0 aliphatic heterocycles. The minimum atomic E-state index is -0.665. The van der Waals surface area contributed by atoms with Crippen LogP contribution in [-0.2, 0) is 11.2 Å².